The molecule has 7 atom stereocenters. The monoisotopic (exact) mass is 1230 g/mol. The zero-order valence-electron chi connectivity index (χ0n) is 54.2. The van der Waals surface area contributed by atoms with E-state index in [1.165, 1.54) is 6.92 Å². The van der Waals surface area contributed by atoms with Crippen LogP contribution in [-0.4, -0.2) is 104 Å². The molecule has 17 heteroatoms. The van der Waals surface area contributed by atoms with Crippen molar-refractivity contribution in [3.63, 3.8) is 0 Å². The van der Waals surface area contributed by atoms with E-state index in [0.29, 0.717) is 66.1 Å². The van der Waals surface area contributed by atoms with Gasteiger partial charge in [-0.15, -0.1) is 5.73 Å². The van der Waals surface area contributed by atoms with Gasteiger partial charge < -0.3 is 49.7 Å². The van der Waals surface area contributed by atoms with Crippen LogP contribution in [0.2, 0.25) is 0 Å². The van der Waals surface area contributed by atoms with Gasteiger partial charge in [0.1, 0.15) is 23.1 Å². The summed E-state index contributed by atoms with van der Waals surface area (Å²) < 4.78 is 17.1. The number of ether oxygens (including phenoxy) is 3. The van der Waals surface area contributed by atoms with Crippen LogP contribution in [-0.2, 0) is 51.0 Å². The average molecular weight is 1230 g/mol. The number of aliphatic carboxylic acids is 3. The zero-order chi connectivity index (χ0) is 66.2. The van der Waals surface area contributed by atoms with Gasteiger partial charge in [0.2, 0.25) is 0 Å². The fourth-order valence-corrected chi connectivity index (χ4v) is 14.1. The Balaban J connectivity index is 0.000000232. The van der Waals surface area contributed by atoms with Crippen LogP contribution in [0.1, 0.15) is 184 Å². The fraction of sp³-hybridized carbons (Fsp3) is 0.425. The Labute approximate surface area is 526 Å². The van der Waals surface area contributed by atoms with E-state index in [9.17, 15) is 49.5 Å². The number of H-pyrrole nitrogens is 2. The highest BCUT2D eigenvalue weighted by atomic mass is 16.6. The molecule has 1 saturated heterocycles. The SMILES string of the molecule is C=Cc1c(C)c2cc3nc(c(CC(=O)O)c4nc(cc5[nH]c(cc1[nH]2)c(C)c5CC)C(C)=C4C(=O)O)[C@@H](CCC(=O)O)[C@@H]3C.CC(=O)OC1CC(C)(C)C(=C=C/C(C)=C/C=C/C=C/C=C(C)/C=C2C=C(/C=C/C34OC3(C)CC(O)CC4(C)C)C(=O)O/2)C(C)(O)C1. The number of allylic oxidation sites excluding steroid dienone is 11. The Morgan fingerprint density at radius 3 is 2.11 bits per heavy atom. The van der Waals surface area contributed by atoms with Crippen LogP contribution in [0.3, 0.4) is 0 Å². The normalized spacial score (nSPS) is 25.8. The van der Waals surface area contributed by atoms with Crippen molar-refractivity contribution in [2.24, 2.45) is 10.8 Å². The van der Waals surface area contributed by atoms with Crippen LogP contribution < -0.4 is 0 Å². The number of carbonyl (C=O) groups is 5. The second-order valence-electron chi connectivity index (χ2n) is 26.4. The molecule has 5 unspecified atom stereocenters. The fourth-order valence-electron chi connectivity index (χ4n) is 14.1. The number of nitrogens with zero attached hydrogens (tertiary/aromatic N) is 2. The molecule has 9 rings (SSSR count). The molecule has 8 bridgehead atoms. The topological polar surface area (TPSA) is 275 Å². The third-order valence-corrected chi connectivity index (χ3v) is 18.5. The third-order valence-electron chi connectivity index (χ3n) is 18.5. The maximum Gasteiger partial charge on any atom is 0.343 e. The highest BCUT2D eigenvalue weighted by Gasteiger charge is 2.74. The molecule has 7 N–H and O–H groups in total. The van der Waals surface area contributed by atoms with Gasteiger partial charge in [-0.2, -0.15) is 0 Å². The molecule has 6 aliphatic rings. The summed E-state index contributed by atoms with van der Waals surface area (Å²) in [7, 11) is 0. The molecule has 0 radical (unpaired) electrons. The van der Waals surface area contributed by atoms with Gasteiger partial charge in [-0.3, -0.25) is 19.4 Å². The minimum absolute atomic E-state index is 0.0451. The molecule has 17 nitrogen and oxygen atoms in total. The molecule has 3 aromatic heterocycles. The lowest BCUT2D eigenvalue weighted by Crippen LogP contribution is -2.46. The second-order valence-corrected chi connectivity index (χ2v) is 26.4. The van der Waals surface area contributed by atoms with Gasteiger partial charge >= 0.3 is 29.8 Å². The second kappa shape index (κ2) is 26.2. The summed E-state index contributed by atoms with van der Waals surface area (Å²) in [6.45, 7) is 31.0. The summed E-state index contributed by atoms with van der Waals surface area (Å²) in [5.74, 6) is -4.37. The van der Waals surface area contributed by atoms with Gasteiger partial charge in [-0.25, -0.2) is 14.6 Å². The number of carbonyl (C=O) groups excluding carboxylic acids is 2. The van der Waals surface area contributed by atoms with Crippen molar-refractivity contribution >= 4 is 69.1 Å². The standard InChI is InChI=1S/C39H50O7.C34H36N4O6/c1-26(16-17-33-35(4,5)24-32(44-28(3)40)25-37(33,8)43)14-12-10-11-13-15-27(2)20-31-21-29(34(42)45-31)18-19-39-36(6,7)22-30(41)23-38(39,9)46-39;1-7-19-15(3)23-12-25-17(5)21(9-10-29(39)40)32(37-25)22(11-30(41)42)33-31(34(43)44)18(6)26(38-33)14-28-20(8-2)16(4)24(36-28)13-27(19)35-23/h10-16,18-21,30,32,41,43H,22-25H2,1-9H3;7,12-14,17,21,35-36H,1,8-11H2,2-6H3,(H,39,40)(H,41,42)(H,43,44)/b12-10+,13-11+,19-18+,26-14+,27-15+,31-20-;/t;17-,21-/m.0/s1. The van der Waals surface area contributed by atoms with Crippen LogP contribution in [0.15, 0.2) is 125 Å². The number of aromatic nitrogens is 4. The molecule has 3 aromatic rings. The zero-order valence-corrected chi connectivity index (χ0v) is 54.2. The summed E-state index contributed by atoms with van der Waals surface area (Å²) in [5.41, 5.74) is 13.0. The van der Waals surface area contributed by atoms with Crippen LogP contribution in [0.25, 0.3) is 39.3 Å². The van der Waals surface area contributed by atoms with Crippen molar-refractivity contribution in [2.75, 3.05) is 0 Å². The van der Waals surface area contributed by atoms with Crippen LogP contribution in [0.5, 0.6) is 0 Å². The van der Waals surface area contributed by atoms with Crippen molar-refractivity contribution in [1.29, 1.82) is 0 Å². The molecular weight excluding hydrogens is 1140 g/mol. The maximum absolute atomic E-state index is 12.7. The quantitative estimate of drug-likeness (QED) is 0.0304. The molecule has 3 fully saturated rings. The first kappa shape index (κ1) is 67.5. The largest absolute Gasteiger partial charge is 0.481 e. The van der Waals surface area contributed by atoms with Gasteiger partial charge in [0, 0.05) is 87.9 Å². The predicted molar refractivity (Wildman–Crippen MR) is 349 cm³/mol. The Morgan fingerprint density at radius 1 is 0.833 bits per heavy atom. The molecule has 4 aliphatic heterocycles. The molecule has 0 amide bonds. The summed E-state index contributed by atoms with van der Waals surface area (Å²) in [5, 5.41) is 51.2. The van der Waals surface area contributed by atoms with Crippen molar-refractivity contribution in [2.45, 2.75) is 189 Å². The molecular formula is C73H86N4O13. The number of carboxylic acid groups (broad SMARTS) is 3. The number of cyclic esters (lactones) is 1. The van der Waals surface area contributed by atoms with E-state index in [2.05, 4.69) is 36.1 Å². The number of aliphatic hydroxyl groups excluding tert-OH is 1. The van der Waals surface area contributed by atoms with E-state index in [0.717, 1.165) is 61.0 Å². The Hall–Kier alpha value is -8.47. The lowest BCUT2D eigenvalue weighted by molar-refractivity contribution is -0.152. The number of aliphatic hydroxyl groups is 2. The first-order valence-electron chi connectivity index (χ1n) is 30.7. The lowest BCUT2D eigenvalue weighted by atomic mass is 9.63. The Morgan fingerprint density at radius 2 is 1.50 bits per heavy atom. The highest BCUT2D eigenvalue weighted by Crippen LogP contribution is 2.66. The molecule has 0 aromatic carbocycles. The number of fused-ring (bicyclic) bond motifs is 9. The van der Waals surface area contributed by atoms with Crippen molar-refractivity contribution in [1.82, 2.24) is 19.9 Å². The number of esters is 2. The molecule has 476 valence electrons. The number of hydrogen-bond acceptors (Lipinski definition) is 12. The first-order chi connectivity index (χ1) is 42.1. The van der Waals surface area contributed by atoms with E-state index < -0.39 is 53.0 Å². The molecule has 2 saturated carbocycles. The third kappa shape index (κ3) is 14.1. The van der Waals surface area contributed by atoms with E-state index >= 15 is 0 Å². The van der Waals surface area contributed by atoms with E-state index in [4.69, 9.17) is 24.2 Å². The lowest BCUT2D eigenvalue weighted by Gasteiger charge is -2.44. The van der Waals surface area contributed by atoms with Gasteiger partial charge in [0.15, 0.2) is 0 Å². The van der Waals surface area contributed by atoms with Gasteiger partial charge in [0.25, 0.3) is 0 Å². The number of hydrogen-bond donors (Lipinski definition) is 7. The minimum atomic E-state index is -1.23. The van der Waals surface area contributed by atoms with Gasteiger partial charge in [-0.05, 0) is 162 Å². The molecule has 7 heterocycles. The number of aromatic amines is 2. The summed E-state index contributed by atoms with van der Waals surface area (Å²) >= 11 is 0. The van der Waals surface area contributed by atoms with Crippen LogP contribution in [0, 0.1) is 24.7 Å². The predicted octanol–water partition coefficient (Wildman–Crippen LogP) is 13.7. The highest BCUT2D eigenvalue weighted by molar-refractivity contribution is 6.24. The summed E-state index contributed by atoms with van der Waals surface area (Å²) in [6.07, 6.45) is 24.3. The van der Waals surface area contributed by atoms with E-state index in [1.54, 1.807) is 32.1 Å². The molecule has 0 spiro atoms. The van der Waals surface area contributed by atoms with Gasteiger partial charge in [-0.1, -0.05) is 90.7 Å². The number of aryl methyl sites for hydroxylation is 3. The Kier molecular flexibility index (Phi) is 19.6. The molecule has 90 heavy (non-hydrogen) atoms. The molecule has 2 aliphatic carbocycles. The van der Waals surface area contributed by atoms with Crippen molar-refractivity contribution in [3.05, 3.63) is 176 Å². The van der Waals surface area contributed by atoms with E-state index in [1.807, 2.05) is 135 Å². The Bertz CT molecular complexity index is 3970. The summed E-state index contributed by atoms with van der Waals surface area (Å²) in [6, 6.07) is 5.75. The van der Waals surface area contributed by atoms with Crippen molar-refractivity contribution in [3.8, 4) is 0 Å². The van der Waals surface area contributed by atoms with Gasteiger partial charge in [0.05, 0.1) is 46.4 Å². The number of epoxide rings is 1. The van der Waals surface area contributed by atoms with Crippen molar-refractivity contribution < 1.29 is 63.7 Å². The first-order valence-corrected chi connectivity index (χ1v) is 30.7. The average Bonchev–Trinajstić information content (AvgIpc) is 1.51. The minimum Gasteiger partial charge on any atom is -0.481 e. The smallest absolute Gasteiger partial charge is 0.343 e. The van der Waals surface area contributed by atoms with Crippen LogP contribution in [0.4, 0.5) is 0 Å². The summed E-state index contributed by atoms with van der Waals surface area (Å²) in [4.78, 5) is 77.2. The number of rotatable bonds is 16. The number of nitrogens with one attached hydrogen (secondary N) is 2. The van der Waals surface area contributed by atoms with E-state index in [-0.39, 0.29) is 64.6 Å². The number of carboxylic acids is 3. The maximum atomic E-state index is 12.7. The van der Waals surface area contributed by atoms with Crippen LogP contribution >= 0.6 is 0 Å².